The van der Waals surface area contributed by atoms with Crippen molar-refractivity contribution in [3.63, 3.8) is 0 Å². The van der Waals surface area contributed by atoms with Crippen molar-refractivity contribution in [2.75, 3.05) is 6.61 Å². The third-order valence-corrected chi connectivity index (χ3v) is 5.70. The fourth-order valence-electron chi connectivity index (χ4n) is 4.16. The van der Waals surface area contributed by atoms with Crippen molar-refractivity contribution >= 4 is 34.2 Å². The van der Waals surface area contributed by atoms with Gasteiger partial charge >= 0.3 is 0 Å². The summed E-state index contributed by atoms with van der Waals surface area (Å²) in [6.45, 7) is 5.25. The molecule has 2 aliphatic heterocycles. The predicted molar refractivity (Wildman–Crippen MR) is 115 cm³/mol. The highest BCUT2D eigenvalue weighted by atomic mass is 35.5. The molecule has 0 N–H and O–H groups in total. The second kappa shape index (κ2) is 6.92. The zero-order chi connectivity index (χ0) is 20.1. The molecule has 2 aliphatic rings. The van der Waals surface area contributed by atoms with Crippen LogP contribution in [0.2, 0.25) is 5.02 Å². The molecule has 0 spiro atoms. The number of hydrogen-bond donors (Lipinski definition) is 0. The van der Waals surface area contributed by atoms with Crippen LogP contribution >= 0.6 is 11.6 Å². The lowest BCUT2D eigenvalue weighted by molar-refractivity contribution is 0.254. The molecule has 0 radical (unpaired) electrons. The van der Waals surface area contributed by atoms with Gasteiger partial charge in [-0.25, -0.2) is 4.98 Å². The first-order chi connectivity index (χ1) is 14.0. The van der Waals surface area contributed by atoms with Gasteiger partial charge in [0.25, 0.3) is 5.56 Å². The van der Waals surface area contributed by atoms with Crippen LogP contribution in [0.3, 0.4) is 0 Å². The summed E-state index contributed by atoms with van der Waals surface area (Å²) in [4.78, 5) is 17.6. The lowest BCUT2D eigenvalue weighted by Crippen LogP contribution is -2.20. The minimum Gasteiger partial charge on any atom is -0.493 e. The van der Waals surface area contributed by atoms with Crippen LogP contribution < -0.4 is 15.0 Å². The van der Waals surface area contributed by atoms with Crippen LogP contribution in [-0.4, -0.2) is 22.3 Å². The van der Waals surface area contributed by atoms with Crippen molar-refractivity contribution in [3.8, 4) is 11.5 Å². The molecular formula is C23H21ClN2O3. The van der Waals surface area contributed by atoms with Crippen LogP contribution in [0.15, 0.2) is 35.1 Å². The van der Waals surface area contributed by atoms with Gasteiger partial charge in [-0.2, -0.15) is 0 Å². The molecule has 0 bridgehead atoms. The summed E-state index contributed by atoms with van der Waals surface area (Å²) in [5, 5.41) is 1.16. The Balaban J connectivity index is 1.65. The summed E-state index contributed by atoms with van der Waals surface area (Å²) in [6, 6.07) is 9.32. The molecule has 6 heteroatoms. The molecule has 3 aromatic rings. The predicted octanol–water partition coefficient (Wildman–Crippen LogP) is 4.72. The lowest BCUT2D eigenvalue weighted by Gasteiger charge is -2.11. The van der Waals surface area contributed by atoms with E-state index in [2.05, 4.69) is 19.1 Å². The van der Waals surface area contributed by atoms with E-state index in [-0.39, 0.29) is 11.7 Å². The largest absolute Gasteiger partial charge is 0.493 e. The number of hydrogen-bond acceptors (Lipinski definition) is 4. The molecule has 5 nitrogen and oxygen atoms in total. The molecule has 0 aliphatic carbocycles. The average Bonchev–Trinajstić information content (AvgIpc) is 3.24. The van der Waals surface area contributed by atoms with E-state index >= 15 is 0 Å². The molecule has 3 heterocycles. The van der Waals surface area contributed by atoms with E-state index in [9.17, 15) is 4.79 Å². The Morgan fingerprint density at radius 1 is 1.34 bits per heavy atom. The molecular weight excluding hydrogens is 388 g/mol. The Morgan fingerprint density at radius 3 is 3.03 bits per heavy atom. The third kappa shape index (κ3) is 3.10. The maximum absolute atomic E-state index is 12.9. The van der Waals surface area contributed by atoms with Crippen molar-refractivity contribution in [2.24, 2.45) is 0 Å². The number of ether oxygens (including phenoxy) is 2. The molecule has 0 fully saturated rings. The Hall–Kier alpha value is -2.79. The molecule has 0 saturated carbocycles. The van der Waals surface area contributed by atoms with Crippen molar-refractivity contribution < 1.29 is 9.47 Å². The van der Waals surface area contributed by atoms with Gasteiger partial charge < -0.3 is 9.47 Å². The summed E-state index contributed by atoms with van der Waals surface area (Å²) >= 11 is 6.12. The number of nitrogens with zero attached hydrogens (tertiary/aromatic N) is 2. The number of allylic oxidation sites excluding steroid dienone is 1. The molecule has 0 unspecified atom stereocenters. The second-order valence-electron chi connectivity index (χ2n) is 7.54. The summed E-state index contributed by atoms with van der Waals surface area (Å²) in [5.74, 6) is 2.43. The molecule has 0 saturated heterocycles. The Labute approximate surface area is 173 Å². The van der Waals surface area contributed by atoms with Crippen LogP contribution in [0.4, 0.5) is 0 Å². The first kappa shape index (κ1) is 18.3. The lowest BCUT2D eigenvalue weighted by atomic mass is 10.0. The van der Waals surface area contributed by atoms with Crippen molar-refractivity contribution in [3.05, 3.63) is 62.7 Å². The van der Waals surface area contributed by atoms with E-state index in [1.165, 1.54) is 5.56 Å². The SMILES string of the molecule is CCOc1cc2c(cc1/C=C1/CCn3c1nc1cc(Cl)ccc1c3=O)O[C@H](C)C2. The van der Waals surface area contributed by atoms with E-state index in [1.807, 2.05) is 13.0 Å². The first-order valence-electron chi connectivity index (χ1n) is 9.91. The summed E-state index contributed by atoms with van der Waals surface area (Å²) < 4.78 is 13.6. The smallest absolute Gasteiger partial charge is 0.261 e. The van der Waals surface area contributed by atoms with Crippen molar-refractivity contribution in [1.82, 2.24) is 9.55 Å². The van der Waals surface area contributed by atoms with Crippen molar-refractivity contribution in [1.29, 1.82) is 0 Å². The highest BCUT2D eigenvalue weighted by molar-refractivity contribution is 6.31. The van der Waals surface area contributed by atoms with E-state index in [0.717, 1.165) is 35.5 Å². The van der Waals surface area contributed by atoms with Gasteiger partial charge in [-0.1, -0.05) is 11.6 Å². The molecule has 0 amide bonds. The molecule has 1 atom stereocenters. The molecule has 5 rings (SSSR count). The van der Waals surface area contributed by atoms with Gasteiger partial charge in [-0.05, 0) is 62.2 Å². The zero-order valence-corrected chi connectivity index (χ0v) is 17.1. The van der Waals surface area contributed by atoms with E-state index in [0.29, 0.717) is 34.9 Å². The Kier molecular flexibility index (Phi) is 4.36. The van der Waals surface area contributed by atoms with Crippen LogP contribution in [0.25, 0.3) is 22.6 Å². The second-order valence-corrected chi connectivity index (χ2v) is 7.97. The minimum atomic E-state index is -0.0267. The molecule has 2 aromatic carbocycles. The first-order valence-corrected chi connectivity index (χ1v) is 10.3. The van der Waals surface area contributed by atoms with Gasteiger partial charge in [0.15, 0.2) is 0 Å². The van der Waals surface area contributed by atoms with Gasteiger partial charge in [0.05, 0.1) is 17.5 Å². The van der Waals surface area contributed by atoms with Gasteiger partial charge in [0.2, 0.25) is 0 Å². The van der Waals surface area contributed by atoms with Gasteiger partial charge in [0.1, 0.15) is 23.4 Å². The third-order valence-electron chi connectivity index (χ3n) is 5.47. The fraction of sp³-hybridized carbons (Fsp3) is 0.304. The number of rotatable bonds is 3. The highest BCUT2D eigenvalue weighted by Crippen LogP contribution is 2.38. The molecule has 1 aromatic heterocycles. The Morgan fingerprint density at radius 2 is 2.21 bits per heavy atom. The van der Waals surface area contributed by atoms with E-state index < -0.39 is 0 Å². The fourth-order valence-corrected chi connectivity index (χ4v) is 4.33. The summed E-state index contributed by atoms with van der Waals surface area (Å²) in [6.07, 6.45) is 3.87. The molecule has 29 heavy (non-hydrogen) atoms. The number of fused-ring (bicyclic) bond motifs is 3. The number of halogens is 1. The maximum Gasteiger partial charge on any atom is 0.261 e. The normalized spacial score (nSPS) is 18.7. The number of aromatic nitrogens is 2. The minimum absolute atomic E-state index is 0.0267. The van der Waals surface area contributed by atoms with E-state index in [4.69, 9.17) is 26.1 Å². The van der Waals surface area contributed by atoms with Gasteiger partial charge in [0, 0.05) is 29.1 Å². The molecule has 148 valence electrons. The maximum atomic E-state index is 12.9. The van der Waals surface area contributed by atoms with Crippen LogP contribution in [0.5, 0.6) is 11.5 Å². The number of benzene rings is 2. The Bertz CT molecular complexity index is 1230. The monoisotopic (exact) mass is 408 g/mol. The highest BCUT2D eigenvalue weighted by Gasteiger charge is 2.24. The quantitative estimate of drug-likeness (QED) is 0.629. The van der Waals surface area contributed by atoms with Crippen LogP contribution in [-0.2, 0) is 13.0 Å². The summed E-state index contributed by atoms with van der Waals surface area (Å²) in [7, 11) is 0. The zero-order valence-electron chi connectivity index (χ0n) is 16.4. The van der Waals surface area contributed by atoms with Crippen LogP contribution in [0.1, 0.15) is 37.2 Å². The van der Waals surface area contributed by atoms with Gasteiger partial charge in [-0.3, -0.25) is 9.36 Å². The average molecular weight is 409 g/mol. The van der Waals surface area contributed by atoms with E-state index in [1.54, 1.807) is 22.8 Å². The van der Waals surface area contributed by atoms with Crippen LogP contribution in [0, 0.1) is 0 Å². The standard InChI is InChI=1S/C23H21ClN2O3/c1-3-28-20-10-15-8-13(2)29-21(15)11-16(20)9-14-6-7-26-22(14)25-19-12-17(24)4-5-18(19)23(26)27/h4-5,9-13H,3,6-8H2,1-2H3/b14-9-/t13-/m1/s1. The topological polar surface area (TPSA) is 53.4 Å². The summed E-state index contributed by atoms with van der Waals surface area (Å²) in [5.41, 5.74) is 3.73. The van der Waals surface area contributed by atoms with Gasteiger partial charge in [-0.15, -0.1) is 0 Å². The van der Waals surface area contributed by atoms with Crippen molar-refractivity contribution in [2.45, 2.75) is 39.3 Å².